The summed E-state index contributed by atoms with van der Waals surface area (Å²) in [6.07, 6.45) is 0.250. The molecule has 0 bridgehead atoms. The highest BCUT2D eigenvalue weighted by molar-refractivity contribution is 9.10. The van der Waals surface area contributed by atoms with Crippen molar-refractivity contribution in [1.82, 2.24) is 9.21 Å². The lowest BCUT2D eigenvalue weighted by Crippen LogP contribution is -2.78. The molecule has 2 heterocycles. The summed E-state index contributed by atoms with van der Waals surface area (Å²) in [6.45, 7) is 6.36. The Kier molecular flexibility index (Phi) is 4.40. The highest BCUT2D eigenvalue weighted by atomic mass is 79.9. The van der Waals surface area contributed by atoms with Crippen molar-refractivity contribution in [2.45, 2.75) is 43.2 Å². The van der Waals surface area contributed by atoms with Gasteiger partial charge < -0.3 is 9.64 Å². The molecule has 2 aliphatic rings. The molecule has 0 saturated carbocycles. The quantitative estimate of drug-likeness (QED) is 0.717. The molecule has 0 atom stereocenters. The topological polar surface area (TPSA) is 66.9 Å². The van der Waals surface area contributed by atoms with Gasteiger partial charge in [0.25, 0.3) is 0 Å². The molecule has 0 radical (unpaired) electrons. The number of hydrogen-bond donors (Lipinski definition) is 0. The summed E-state index contributed by atoms with van der Waals surface area (Å²) >= 11 is 3.02. The van der Waals surface area contributed by atoms with Crippen molar-refractivity contribution >= 4 is 32.0 Å². The van der Waals surface area contributed by atoms with Crippen molar-refractivity contribution in [2.24, 2.45) is 0 Å². The van der Waals surface area contributed by atoms with E-state index in [9.17, 15) is 17.6 Å². The Morgan fingerprint density at radius 1 is 1.32 bits per heavy atom. The lowest BCUT2D eigenvalue weighted by atomic mass is 9.80. The van der Waals surface area contributed by atoms with Gasteiger partial charge in [-0.15, -0.1) is 0 Å². The van der Waals surface area contributed by atoms with E-state index in [-0.39, 0.29) is 9.37 Å². The number of hydrogen-bond acceptors (Lipinski definition) is 4. The van der Waals surface area contributed by atoms with Crippen LogP contribution in [0.25, 0.3) is 0 Å². The Morgan fingerprint density at radius 2 is 1.96 bits per heavy atom. The third-order valence-electron chi connectivity index (χ3n) is 4.41. The van der Waals surface area contributed by atoms with Crippen molar-refractivity contribution in [3.63, 3.8) is 0 Å². The molecule has 0 aromatic heterocycles. The highest BCUT2D eigenvalue weighted by Gasteiger charge is 2.59. The third-order valence-corrected chi connectivity index (χ3v) is 7.02. The van der Waals surface area contributed by atoms with Crippen LogP contribution in [0.15, 0.2) is 27.6 Å². The predicted octanol–water partition coefficient (Wildman–Crippen LogP) is 2.97. The fourth-order valence-electron chi connectivity index (χ4n) is 3.09. The van der Waals surface area contributed by atoms with Gasteiger partial charge in [0.2, 0.25) is 10.0 Å². The van der Waals surface area contributed by atoms with Crippen LogP contribution in [0.4, 0.5) is 9.18 Å². The van der Waals surface area contributed by atoms with E-state index in [1.54, 1.807) is 20.8 Å². The fraction of sp³-hybridized carbons (Fsp3) is 0.562. The molecular formula is C16H20BrFN2O4S. The molecular weight excluding hydrogens is 415 g/mol. The van der Waals surface area contributed by atoms with Crippen molar-refractivity contribution in [3.05, 3.63) is 28.5 Å². The Labute approximate surface area is 155 Å². The number of benzene rings is 1. The van der Waals surface area contributed by atoms with Crippen LogP contribution in [0.3, 0.4) is 0 Å². The van der Waals surface area contributed by atoms with Crippen molar-refractivity contribution < 1.29 is 22.3 Å². The number of halogens is 2. The van der Waals surface area contributed by atoms with Gasteiger partial charge >= 0.3 is 6.09 Å². The molecule has 1 amide bonds. The molecule has 1 aromatic carbocycles. The van der Waals surface area contributed by atoms with Crippen LogP contribution in [-0.4, -0.2) is 54.5 Å². The zero-order valence-corrected chi connectivity index (χ0v) is 16.7. The number of sulfonamides is 1. The molecule has 3 rings (SSSR count). The first kappa shape index (κ1) is 18.6. The summed E-state index contributed by atoms with van der Waals surface area (Å²) in [4.78, 5) is 13.6. The summed E-state index contributed by atoms with van der Waals surface area (Å²) in [5.41, 5.74) is -1.16. The second-order valence-electron chi connectivity index (χ2n) is 7.46. The minimum absolute atomic E-state index is 0.0376. The lowest BCUT2D eigenvalue weighted by molar-refractivity contribution is -0.0781. The van der Waals surface area contributed by atoms with E-state index >= 15 is 0 Å². The molecule has 6 nitrogen and oxygen atoms in total. The summed E-state index contributed by atoms with van der Waals surface area (Å²) in [5.74, 6) is -0.517. The van der Waals surface area contributed by atoms with Crippen LogP contribution >= 0.6 is 15.9 Å². The minimum Gasteiger partial charge on any atom is -0.444 e. The van der Waals surface area contributed by atoms with Gasteiger partial charge in [-0.25, -0.2) is 17.6 Å². The maximum atomic E-state index is 13.4. The summed E-state index contributed by atoms with van der Waals surface area (Å²) in [7, 11) is -3.74. The normalized spacial score (nSPS) is 20.1. The first-order valence-electron chi connectivity index (χ1n) is 7.90. The maximum absolute atomic E-state index is 13.4. The van der Waals surface area contributed by atoms with E-state index in [2.05, 4.69) is 15.9 Å². The first-order valence-corrected chi connectivity index (χ1v) is 10.1. The van der Waals surface area contributed by atoms with Gasteiger partial charge in [0.1, 0.15) is 11.4 Å². The SMILES string of the molecule is CC(C)(C)OC(=O)N1CC2(CCN2S(=O)(=O)c2ccc(F)c(Br)c2)C1. The second kappa shape index (κ2) is 5.92. The Balaban J connectivity index is 1.73. The molecule has 2 fully saturated rings. The number of carbonyl (C=O) groups excluding carboxylic acids is 1. The molecule has 0 aliphatic carbocycles. The monoisotopic (exact) mass is 434 g/mol. The van der Waals surface area contributed by atoms with Crippen LogP contribution in [0.2, 0.25) is 0 Å². The zero-order chi connectivity index (χ0) is 18.6. The predicted molar refractivity (Wildman–Crippen MR) is 93.1 cm³/mol. The Hall–Kier alpha value is -1.19. The number of rotatable bonds is 2. The molecule has 2 aliphatic heterocycles. The molecule has 2 saturated heterocycles. The molecule has 0 unspecified atom stereocenters. The molecule has 1 aromatic rings. The second-order valence-corrected chi connectivity index (χ2v) is 10.2. The van der Waals surface area contributed by atoms with Gasteiger partial charge in [-0.05, 0) is 61.3 Å². The van der Waals surface area contributed by atoms with Crippen molar-refractivity contribution in [2.75, 3.05) is 19.6 Å². The molecule has 25 heavy (non-hydrogen) atoms. The fourth-order valence-corrected chi connectivity index (χ4v) is 5.43. The molecule has 9 heteroatoms. The van der Waals surface area contributed by atoms with Gasteiger partial charge in [-0.2, -0.15) is 4.31 Å². The average molecular weight is 435 g/mol. The minimum atomic E-state index is -3.74. The smallest absolute Gasteiger partial charge is 0.410 e. The van der Waals surface area contributed by atoms with Crippen LogP contribution < -0.4 is 0 Å². The largest absolute Gasteiger partial charge is 0.444 e. The Bertz CT molecular complexity index is 816. The molecule has 0 N–H and O–H groups in total. The maximum Gasteiger partial charge on any atom is 0.410 e. The standard InChI is InChI=1S/C16H20BrFN2O4S/c1-15(2,3)24-14(21)19-9-16(10-19)6-7-20(16)25(22,23)11-4-5-13(18)12(17)8-11/h4-5,8H,6-7,9-10H2,1-3H3. The summed E-state index contributed by atoms with van der Waals surface area (Å²) in [6, 6.07) is 3.64. The number of likely N-dealkylation sites (tertiary alicyclic amines) is 1. The van der Waals surface area contributed by atoms with E-state index in [0.717, 1.165) is 6.07 Å². The van der Waals surface area contributed by atoms with E-state index in [1.165, 1.54) is 21.3 Å². The zero-order valence-electron chi connectivity index (χ0n) is 14.3. The van der Waals surface area contributed by atoms with E-state index in [1.807, 2.05) is 0 Å². The van der Waals surface area contributed by atoms with Crippen molar-refractivity contribution in [1.29, 1.82) is 0 Å². The van der Waals surface area contributed by atoms with Gasteiger partial charge in [0.15, 0.2) is 0 Å². The van der Waals surface area contributed by atoms with Crippen LogP contribution in [0.1, 0.15) is 27.2 Å². The van der Waals surface area contributed by atoms with Gasteiger partial charge in [0.05, 0.1) is 14.9 Å². The van der Waals surface area contributed by atoms with Gasteiger partial charge in [0, 0.05) is 19.6 Å². The number of ether oxygens (including phenoxy) is 1. The number of nitrogens with zero attached hydrogens (tertiary/aromatic N) is 2. The molecule has 1 spiro atoms. The van der Waals surface area contributed by atoms with E-state index < -0.39 is 33.1 Å². The number of carbonyl (C=O) groups is 1. The number of amides is 1. The summed E-state index contributed by atoms with van der Waals surface area (Å²) in [5, 5.41) is 0. The average Bonchev–Trinajstić information content (AvgIpc) is 2.36. The van der Waals surface area contributed by atoms with Crippen LogP contribution in [0.5, 0.6) is 0 Å². The van der Waals surface area contributed by atoms with E-state index in [4.69, 9.17) is 4.74 Å². The van der Waals surface area contributed by atoms with Crippen molar-refractivity contribution in [3.8, 4) is 0 Å². The molecule has 138 valence electrons. The first-order chi connectivity index (χ1) is 11.4. The third kappa shape index (κ3) is 3.29. The van der Waals surface area contributed by atoms with Gasteiger partial charge in [-0.1, -0.05) is 0 Å². The van der Waals surface area contributed by atoms with Gasteiger partial charge in [-0.3, -0.25) is 0 Å². The summed E-state index contributed by atoms with van der Waals surface area (Å²) < 4.78 is 45.9. The van der Waals surface area contributed by atoms with Crippen LogP contribution in [0, 0.1) is 5.82 Å². The Morgan fingerprint density at radius 3 is 2.44 bits per heavy atom. The lowest BCUT2D eigenvalue weighted by Gasteiger charge is -2.60. The van der Waals surface area contributed by atoms with Crippen LogP contribution in [-0.2, 0) is 14.8 Å². The highest BCUT2D eigenvalue weighted by Crippen LogP contribution is 2.43. The van der Waals surface area contributed by atoms with E-state index in [0.29, 0.717) is 26.1 Å².